The Kier molecular flexibility index (Phi) is 9.40. The van der Waals surface area contributed by atoms with Gasteiger partial charge in [-0.2, -0.15) is 0 Å². The highest BCUT2D eigenvalue weighted by molar-refractivity contribution is 5.85. The molecule has 1 amide bonds. The van der Waals surface area contributed by atoms with E-state index >= 15 is 0 Å². The molecule has 5 heteroatoms. The number of hydrogen-bond donors (Lipinski definition) is 3. The normalized spacial score (nSPS) is 11.5. The van der Waals surface area contributed by atoms with Crippen LogP contribution in [0.15, 0.2) is 0 Å². The summed E-state index contributed by atoms with van der Waals surface area (Å²) < 4.78 is 0. The molecule has 5 N–H and O–H groups in total. The molecule has 0 radical (unpaired) electrons. The van der Waals surface area contributed by atoms with E-state index in [-0.39, 0.29) is 30.9 Å². The molecule has 0 fully saturated rings. The number of hydrogen-bond acceptors (Lipinski definition) is 3. The molecule has 0 aliphatic carbocycles. The Hall–Kier alpha value is -0.320. The molecule has 0 bridgehead atoms. The van der Waals surface area contributed by atoms with Crippen LogP contribution in [0.2, 0.25) is 0 Å². The highest BCUT2D eigenvalue weighted by Gasteiger charge is 1.96. The SMILES string of the molecule is CC(N)CCNC(=O)CN.Cl. The van der Waals surface area contributed by atoms with Crippen molar-refractivity contribution in [2.75, 3.05) is 13.1 Å². The second kappa shape index (κ2) is 7.78. The van der Waals surface area contributed by atoms with Gasteiger partial charge in [-0.05, 0) is 13.3 Å². The molecule has 0 saturated carbocycles. The van der Waals surface area contributed by atoms with Crippen molar-refractivity contribution in [1.29, 1.82) is 0 Å². The summed E-state index contributed by atoms with van der Waals surface area (Å²) in [5.74, 6) is -0.124. The van der Waals surface area contributed by atoms with E-state index in [4.69, 9.17) is 11.5 Å². The quantitative estimate of drug-likeness (QED) is 0.532. The first-order valence-electron chi connectivity index (χ1n) is 3.39. The zero-order valence-corrected chi connectivity index (χ0v) is 7.49. The number of amides is 1. The van der Waals surface area contributed by atoms with Gasteiger partial charge in [0.2, 0.25) is 5.91 Å². The maximum Gasteiger partial charge on any atom is 0.233 e. The van der Waals surface area contributed by atoms with Crippen molar-refractivity contribution in [3.8, 4) is 0 Å². The molecule has 1 atom stereocenters. The molecule has 68 valence electrons. The number of nitrogens with one attached hydrogen (secondary N) is 1. The van der Waals surface area contributed by atoms with Crippen LogP contribution in [-0.4, -0.2) is 25.0 Å². The molecular weight excluding hydrogens is 166 g/mol. The Balaban J connectivity index is 0. The largest absolute Gasteiger partial charge is 0.355 e. The van der Waals surface area contributed by atoms with Gasteiger partial charge in [-0.15, -0.1) is 12.4 Å². The average molecular weight is 182 g/mol. The van der Waals surface area contributed by atoms with Gasteiger partial charge in [0.15, 0.2) is 0 Å². The Morgan fingerprint density at radius 2 is 2.18 bits per heavy atom. The minimum absolute atomic E-state index is 0. The van der Waals surface area contributed by atoms with Gasteiger partial charge in [-0.1, -0.05) is 0 Å². The van der Waals surface area contributed by atoms with Crippen LogP contribution in [0.25, 0.3) is 0 Å². The second-order valence-corrected chi connectivity index (χ2v) is 2.32. The minimum atomic E-state index is -0.124. The van der Waals surface area contributed by atoms with Crippen LogP contribution >= 0.6 is 12.4 Å². The van der Waals surface area contributed by atoms with Crippen molar-refractivity contribution in [2.45, 2.75) is 19.4 Å². The summed E-state index contributed by atoms with van der Waals surface area (Å²) in [4.78, 5) is 10.5. The van der Waals surface area contributed by atoms with Gasteiger partial charge >= 0.3 is 0 Å². The van der Waals surface area contributed by atoms with E-state index in [1.165, 1.54) is 0 Å². The summed E-state index contributed by atoms with van der Waals surface area (Å²) in [6, 6.07) is 0.137. The standard InChI is InChI=1S/C6H15N3O.ClH/c1-5(8)2-3-9-6(10)4-7;/h5H,2-4,7-8H2,1H3,(H,9,10);1H. The molecule has 0 heterocycles. The first-order valence-corrected chi connectivity index (χ1v) is 3.39. The monoisotopic (exact) mass is 181 g/mol. The summed E-state index contributed by atoms with van der Waals surface area (Å²) in [6.45, 7) is 2.57. The smallest absolute Gasteiger partial charge is 0.233 e. The Morgan fingerprint density at radius 3 is 2.55 bits per heavy atom. The lowest BCUT2D eigenvalue weighted by molar-refractivity contribution is -0.119. The molecule has 11 heavy (non-hydrogen) atoms. The maximum atomic E-state index is 10.5. The number of halogens is 1. The molecule has 0 aliphatic heterocycles. The van der Waals surface area contributed by atoms with Crippen LogP contribution in [0.3, 0.4) is 0 Å². The number of rotatable bonds is 4. The predicted octanol–water partition coefficient (Wildman–Crippen LogP) is -0.780. The van der Waals surface area contributed by atoms with Crippen LogP contribution in [0.4, 0.5) is 0 Å². The van der Waals surface area contributed by atoms with Crippen LogP contribution < -0.4 is 16.8 Å². The fraction of sp³-hybridized carbons (Fsp3) is 0.833. The third-order valence-electron chi connectivity index (χ3n) is 1.11. The van der Waals surface area contributed by atoms with Crippen molar-refractivity contribution < 1.29 is 4.79 Å². The molecule has 0 saturated heterocycles. The summed E-state index contributed by atoms with van der Waals surface area (Å²) in [6.07, 6.45) is 0.797. The van der Waals surface area contributed by atoms with E-state index in [0.29, 0.717) is 6.54 Å². The third kappa shape index (κ3) is 9.68. The van der Waals surface area contributed by atoms with Crippen molar-refractivity contribution in [2.24, 2.45) is 11.5 Å². The Labute approximate surface area is 73.1 Å². The van der Waals surface area contributed by atoms with Crippen LogP contribution in [0.5, 0.6) is 0 Å². The lowest BCUT2D eigenvalue weighted by Gasteiger charge is -2.04. The zero-order valence-electron chi connectivity index (χ0n) is 6.67. The molecule has 1 unspecified atom stereocenters. The lowest BCUT2D eigenvalue weighted by atomic mass is 10.2. The summed E-state index contributed by atoms with van der Waals surface area (Å²) in [5, 5.41) is 2.62. The summed E-state index contributed by atoms with van der Waals surface area (Å²) >= 11 is 0. The van der Waals surface area contributed by atoms with Gasteiger partial charge in [0.1, 0.15) is 0 Å². The van der Waals surface area contributed by atoms with E-state index in [0.717, 1.165) is 6.42 Å². The van der Waals surface area contributed by atoms with Crippen molar-refractivity contribution in [3.63, 3.8) is 0 Å². The molecule has 0 rings (SSSR count). The van der Waals surface area contributed by atoms with E-state index in [9.17, 15) is 4.79 Å². The van der Waals surface area contributed by atoms with E-state index in [2.05, 4.69) is 5.32 Å². The number of carbonyl (C=O) groups is 1. The highest BCUT2D eigenvalue weighted by atomic mass is 35.5. The first-order chi connectivity index (χ1) is 4.66. The molecule has 0 spiro atoms. The van der Waals surface area contributed by atoms with Gasteiger partial charge in [0, 0.05) is 12.6 Å². The fourth-order valence-corrected chi connectivity index (χ4v) is 0.511. The van der Waals surface area contributed by atoms with E-state index in [1.54, 1.807) is 0 Å². The predicted molar refractivity (Wildman–Crippen MR) is 47.6 cm³/mol. The van der Waals surface area contributed by atoms with Crippen molar-refractivity contribution in [1.82, 2.24) is 5.32 Å². The highest BCUT2D eigenvalue weighted by Crippen LogP contribution is 1.81. The summed E-state index contributed by atoms with van der Waals surface area (Å²) in [5.41, 5.74) is 10.5. The minimum Gasteiger partial charge on any atom is -0.355 e. The zero-order chi connectivity index (χ0) is 7.98. The second-order valence-electron chi connectivity index (χ2n) is 2.32. The Morgan fingerprint density at radius 1 is 1.64 bits per heavy atom. The molecule has 4 nitrogen and oxygen atoms in total. The van der Waals surface area contributed by atoms with Crippen molar-refractivity contribution in [3.05, 3.63) is 0 Å². The van der Waals surface area contributed by atoms with E-state index in [1.807, 2.05) is 6.92 Å². The number of nitrogens with two attached hydrogens (primary N) is 2. The molecule has 0 aromatic rings. The van der Waals surface area contributed by atoms with Gasteiger partial charge < -0.3 is 16.8 Å². The lowest BCUT2D eigenvalue weighted by Crippen LogP contribution is -2.33. The van der Waals surface area contributed by atoms with Gasteiger partial charge in [0.25, 0.3) is 0 Å². The molecular formula is C6H16ClN3O. The van der Waals surface area contributed by atoms with Crippen molar-refractivity contribution >= 4 is 18.3 Å². The third-order valence-corrected chi connectivity index (χ3v) is 1.11. The van der Waals surface area contributed by atoms with Crippen LogP contribution in [-0.2, 0) is 4.79 Å². The van der Waals surface area contributed by atoms with Gasteiger partial charge in [-0.3, -0.25) is 4.79 Å². The van der Waals surface area contributed by atoms with E-state index < -0.39 is 0 Å². The first kappa shape index (κ1) is 13.3. The van der Waals surface area contributed by atoms with Gasteiger partial charge in [-0.25, -0.2) is 0 Å². The molecule has 0 aromatic heterocycles. The average Bonchev–Trinajstić information content (AvgIpc) is 1.87. The van der Waals surface area contributed by atoms with Crippen LogP contribution in [0.1, 0.15) is 13.3 Å². The molecule has 0 aliphatic rings. The summed E-state index contributed by atoms with van der Waals surface area (Å²) in [7, 11) is 0. The number of carbonyl (C=O) groups excluding carboxylic acids is 1. The maximum absolute atomic E-state index is 10.5. The fourth-order valence-electron chi connectivity index (χ4n) is 0.511. The molecule has 0 aromatic carbocycles. The Bertz CT molecular complexity index is 108. The topological polar surface area (TPSA) is 81.1 Å². The van der Waals surface area contributed by atoms with Gasteiger partial charge in [0.05, 0.1) is 6.54 Å². The van der Waals surface area contributed by atoms with Crippen LogP contribution in [0, 0.1) is 0 Å².